The summed E-state index contributed by atoms with van der Waals surface area (Å²) in [5.74, 6) is 2.16. The zero-order valence-corrected chi connectivity index (χ0v) is 15.2. The van der Waals surface area contributed by atoms with Crippen LogP contribution in [0.25, 0.3) is 4.96 Å². The van der Waals surface area contributed by atoms with Crippen molar-refractivity contribution >= 4 is 16.3 Å². The number of fused-ring (bicyclic) bond motifs is 1. The van der Waals surface area contributed by atoms with Crippen molar-refractivity contribution in [3.63, 3.8) is 0 Å². The van der Waals surface area contributed by atoms with Gasteiger partial charge in [-0.1, -0.05) is 19.0 Å². The first-order valence-electron chi connectivity index (χ1n) is 8.62. The number of piperidine rings is 1. The summed E-state index contributed by atoms with van der Waals surface area (Å²) < 4.78 is 7.02. The lowest BCUT2D eigenvalue weighted by molar-refractivity contribution is 0.186. The van der Waals surface area contributed by atoms with Crippen LogP contribution in [0.4, 0.5) is 0 Å². The Labute approximate surface area is 149 Å². The minimum absolute atomic E-state index is 0.0109. The molecule has 0 radical (unpaired) electrons. The van der Waals surface area contributed by atoms with E-state index >= 15 is 0 Å². The summed E-state index contributed by atoms with van der Waals surface area (Å²) in [6.45, 7) is 6.72. The van der Waals surface area contributed by atoms with Gasteiger partial charge in [0.25, 0.3) is 5.56 Å². The Morgan fingerprint density at radius 2 is 2.12 bits per heavy atom. The number of nitrogens with zero attached hydrogens (tertiary/aromatic N) is 5. The Hall–Kier alpha value is -2.06. The van der Waals surface area contributed by atoms with E-state index in [0.717, 1.165) is 48.3 Å². The molecule has 0 saturated carbocycles. The number of hydrogen-bond donors (Lipinski definition) is 0. The first-order valence-corrected chi connectivity index (χ1v) is 9.50. The summed E-state index contributed by atoms with van der Waals surface area (Å²) in [6.07, 6.45) is 3.74. The molecule has 1 saturated heterocycles. The van der Waals surface area contributed by atoms with Crippen molar-refractivity contribution in [1.82, 2.24) is 24.4 Å². The van der Waals surface area contributed by atoms with Crippen LogP contribution in [-0.2, 0) is 6.54 Å². The second-order valence-electron chi connectivity index (χ2n) is 6.84. The number of likely N-dealkylation sites (tertiary alicyclic amines) is 1. The van der Waals surface area contributed by atoms with E-state index in [1.165, 1.54) is 11.3 Å². The van der Waals surface area contributed by atoms with E-state index in [-0.39, 0.29) is 11.5 Å². The summed E-state index contributed by atoms with van der Waals surface area (Å²) in [5.41, 5.74) is 0.828. The molecule has 1 fully saturated rings. The Morgan fingerprint density at radius 1 is 1.32 bits per heavy atom. The van der Waals surface area contributed by atoms with Gasteiger partial charge in [-0.05, 0) is 25.9 Å². The van der Waals surface area contributed by atoms with Crippen molar-refractivity contribution in [3.8, 4) is 0 Å². The molecule has 0 bridgehead atoms. The lowest BCUT2D eigenvalue weighted by atomic mass is 9.96. The lowest BCUT2D eigenvalue weighted by Gasteiger charge is -2.29. The minimum atomic E-state index is -0.0109. The van der Waals surface area contributed by atoms with Crippen LogP contribution in [0.2, 0.25) is 0 Å². The molecule has 0 spiro atoms. The highest BCUT2D eigenvalue weighted by Crippen LogP contribution is 2.28. The molecular formula is C17H21N5O2S. The fourth-order valence-corrected chi connectivity index (χ4v) is 3.92. The van der Waals surface area contributed by atoms with E-state index in [4.69, 9.17) is 4.52 Å². The number of rotatable bonds is 4. The van der Waals surface area contributed by atoms with Gasteiger partial charge in [-0.25, -0.2) is 4.98 Å². The van der Waals surface area contributed by atoms with Crippen molar-refractivity contribution in [2.24, 2.45) is 0 Å². The zero-order valence-electron chi connectivity index (χ0n) is 14.4. The van der Waals surface area contributed by atoms with Gasteiger partial charge in [-0.15, -0.1) is 11.3 Å². The van der Waals surface area contributed by atoms with Gasteiger partial charge in [0.05, 0.1) is 5.69 Å². The molecule has 132 valence electrons. The molecule has 0 aliphatic carbocycles. The third-order valence-electron chi connectivity index (χ3n) is 4.65. The van der Waals surface area contributed by atoms with E-state index in [1.807, 2.05) is 5.38 Å². The molecule has 4 rings (SSSR count). The zero-order chi connectivity index (χ0) is 17.4. The standard InChI is InChI=1S/C17H21N5O2S/c1-11(2)15-19-16(24-20-15)12-3-5-21(6-4-12)10-13-9-14(23)22-7-8-25-17(22)18-13/h7-9,11-12H,3-6,10H2,1-2H3. The molecule has 1 aliphatic heterocycles. The summed E-state index contributed by atoms with van der Waals surface area (Å²) in [4.78, 5) is 24.3. The second kappa shape index (κ2) is 6.68. The molecule has 3 aromatic rings. The van der Waals surface area contributed by atoms with Crippen LogP contribution >= 0.6 is 11.3 Å². The SMILES string of the molecule is CC(C)c1noc(C2CCN(Cc3cc(=O)n4ccsc4n3)CC2)n1. The number of hydrogen-bond acceptors (Lipinski definition) is 7. The third kappa shape index (κ3) is 3.36. The van der Waals surface area contributed by atoms with Crippen LogP contribution in [0, 0.1) is 0 Å². The van der Waals surface area contributed by atoms with Crippen molar-refractivity contribution in [3.05, 3.63) is 45.4 Å². The highest BCUT2D eigenvalue weighted by molar-refractivity contribution is 7.15. The van der Waals surface area contributed by atoms with E-state index < -0.39 is 0 Å². The van der Waals surface area contributed by atoms with Crippen LogP contribution < -0.4 is 5.56 Å². The van der Waals surface area contributed by atoms with Gasteiger partial charge in [-0.2, -0.15) is 4.98 Å². The molecule has 25 heavy (non-hydrogen) atoms. The molecule has 0 amide bonds. The van der Waals surface area contributed by atoms with Crippen LogP contribution in [0.5, 0.6) is 0 Å². The maximum Gasteiger partial charge on any atom is 0.258 e. The van der Waals surface area contributed by atoms with E-state index in [1.54, 1.807) is 16.7 Å². The maximum atomic E-state index is 12.1. The average Bonchev–Trinajstić information content (AvgIpc) is 3.25. The van der Waals surface area contributed by atoms with Crippen molar-refractivity contribution in [2.75, 3.05) is 13.1 Å². The highest BCUT2D eigenvalue weighted by Gasteiger charge is 2.26. The third-order valence-corrected chi connectivity index (χ3v) is 5.41. The molecule has 0 unspecified atom stereocenters. The molecule has 8 heteroatoms. The van der Waals surface area contributed by atoms with Gasteiger partial charge in [0, 0.05) is 36.0 Å². The first-order chi connectivity index (χ1) is 12.1. The van der Waals surface area contributed by atoms with Crippen LogP contribution in [-0.4, -0.2) is 37.5 Å². The Kier molecular flexibility index (Phi) is 4.39. The summed E-state index contributed by atoms with van der Waals surface area (Å²) in [5, 5.41) is 5.95. The Balaban J connectivity index is 1.40. The highest BCUT2D eigenvalue weighted by atomic mass is 32.1. The second-order valence-corrected chi connectivity index (χ2v) is 7.71. The lowest BCUT2D eigenvalue weighted by Crippen LogP contribution is -2.33. The van der Waals surface area contributed by atoms with Crippen LogP contribution in [0.3, 0.4) is 0 Å². The summed E-state index contributed by atoms with van der Waals surface area (Å²) in [6, 6.07) is 1.64. The molecule has 3 aromatic heterocycles. The largest absolute Gasteiger partial charge is 0.339 e. The Bertz CT molecular complexity index is 920. The molecule has 4 heterocycles. The van der Waals surface area contributed by atoms with E-state index in [0.29, 0.717) is 12.5 Å². The van der Waals surface area contributed by atoms with Crippen molar-refractivity contribution < 1.29 is 4.52 Å². The van der Waals surface area contributed by atoms with E-state index in [2.05, 4.69) is 33.9 Å². The predicted octanol–water partition coefficient (Wildman–Crippen LogP) is 2.64. The predicted molar refractivity (Wildman–Crippen MR) is 95.0 cm³/mol. The van der Waals surface area contributed by atoms with Gasteiger partial charge in [0.2, 0.25) is 5.89 Å². The normalized spacial score (nSPS) is 16.9. The summed E-state index contributed by atoms with van der Waals surface area (Å²) >= 11 is 1.49. The molecule has 1 aliphatic rings. The van der Waals surface area contributed by atoms with Crippen LogP contribution in [0.1, 0.15) is 55.9 Å². The van der Waals surface area contributed by atoms with Crippen molar-refractivity contribution in [1.29, 1.82) is 0 Å². The smallest absolute Gasteiger partial charge is 0.258 e. The van der Waals surface area contributed by atoms with Gasteiger partial charge >= 0.3 is 0 Å². The maximum absolute atomic E-state index is 12.1. The number of aromatic nitrogens is 4. The first kappa shape index (κ1) is 16.4. The Morgan fingerprint density at radius 3 is 2.84 bits per heavy atom. The van der Waals surface area contributed by atoms with Gasteiger partial charge in [-0.3, -0.25) is 14.1 Å². The van der Waals surface area contributed by atoms with Crippen LogP contribution in [0.15, 0.2) is 27.0 Å². The summed E-state index contributed by atoms with van der Waals surface area (Å²) in [7, 11) is 0. The monoisotopic (exact) mass is 359 g/mol. The van der Waals surface area contributed by atoms with E-state index in [9.17, 15) is 4.79 Å². The average molecular weight is 359 g/mol. The minimum Gasteiger partial charge on any atom is -0.339 e. The molecule has 7 nitrogen and oxygen atoms in total. The quantitative estimate of drug-likeness (QED) is 0.713. The fraction of sp³-hybridized carbons (Fsp3) is 0.529. The van der Waals surface area contributed by atoms with Gasteiger partial charge in [0.1, 0.15) is 0 Å². The topological polar surface area (TPSA) is 76.5 Å². The molecular weight excluding hydrogens is 338 g/mol. The molecule has 0 N–H and O–H groups in total. The molecule has 0 aromatic carbocycles. The van der Waals surface area contributed by atoms with Crippen molar-refractivity contribution in [2.45, 2.75) is 45.1 Å². The van der Waals surface area contributed by atoms with Gasteiger partial charge in [0.15, 0.2) is 10.8 Å². The fourth-order valence-electron chi connectivity index (χ4n) is 3.18. The van der Waals surface area contributed by atoms with Gasteiger partial charge < -0.3 is 4.52 Å². The number of thiazole rings is 1. The molecule has 0 atom stereocenters.